The average Bonchev–Trinajstić information content (AvgIpc) is 3.49. The predicted molar refractivity (Wildman–Crippen MR) is 109 cm³/mol. The van der Waals surface area contributed by atoms with E-state index in [9.17, 15) is 4.79 Å². The number of hydrogen-bond donors (Lipinski definition) is 2. The third kappa shape index (κ3) is 3.64. The highest BCUT2D eigenvalue weighted by atomic mass is 16.5. The van der Waals surface area contributed by atoms with Gasteiger partial charge in [0.25, 0.3) is 5.91 Å². The van der Waals surface area contributed by atoms with Crippen LogP contribution in [0.2, 0.25) is 0 Å². The summed E-state index contributed by atoms with van der Waals surface area (Å²) in [5, 5.41) is 7.82. The maximum atomic E-state index is 13.1. The summed E-state index contributed by atoms with van der Waals surface area (Å²) in [5.41, 5.74) is 8.63. The number of amides is 1. The molecule has 3 aromatic rings. The number of carbonyl (C=O) groups is 1. The van der Waals surface area contributed by atoms with Gasteiger partial charge in [-0.05, 0) is 43.0 Å². The van der Waals surface area contributed by atoms with Crippen LogP contribution in [-0.4, -0.2) is 35.4 Å². The van der Waals surface area contributed by atoms with Gasteiger partial charge in [0.2, 0.25) is 0 Å². The number of hydrogen-bond acceptors (Lipinski definition) is 4. The molecule has 1 amide bonds. The third-order valence-electron chi connectivity index (χ3n) is 5.10. The fourth-order valence-electron chi connectivity index (χ4n) is 3.41. The molecule has 0 saturated heterocycles. The zero-order valence-electron chi connectivity index (χ0n) is 15.8. The highest BCUT2D eigenvalue weighted by Gasteiger charge is 2.32. The number of rotatable bonds is 7. The standard InChI is InChI=1S/C22H24N4O2/c1-28-20-10-6-5-9-17(20)21-18(22(27)24-19(13-23)15-11-12-15)14-26(25-21)16-7-3-2-4-8-16/h2-10,14-15,19H,11-13,23H2,1H3,(H,24,27). The second-order valence-corrected chi connectivity index (χ2v) is 7.02. The van der Waals surface area contributed by atoms with Crippen molar-refractivity contribution in [2.24, 2.45) is 11.7 Å². The van der Waals surface area contributed by atoms with Crippen LogP contribution in [0.3, 0.4) is 0 Å². The molecule has 6 heteroatoms. The number of benzene rings is 2. The lowest BCUT2D eigenvalue weighted by Gasteiger charge is -2.16. The number of methoxy groups -OCH3 is 1. The van der Waals surface area contributed by atoms with E-state index in [4.69, 9.17) is 15.6 Å². The van der Waals surface area contributed by atoms with Gasteiger partial charge >= 0.3 is 0 Å². The van der Waals surface area contributed by atoms with Crippen molar-refractivity contribution >= 4 is 5.91 Å². The van der Waals surface area contributed by atoms with Crippen LogP contribution >= 0.6 is 0 Å². The molecule has 1 heterocycles. The summed E-state index contributed by atoms with van der Waals surface area (Å²) in [6.07, 6.45) is 4.00. The van der Waals surface area contributed by atoms with Gasteiger partial charge in [-0.1, -0.05) is 30.3 Å². The van der Waals surface area contributed by atoms with Crippen LogP contribution in [-0.2, 0) is 0 Å². The molecule has 4 rings (SSSR count). The van der Waals surface area contributed by atoms with Crippen LogP contribution in [0.15, 0.2) is 60.8 Å². The molecule has 1 saturated carbocycles. The number of carbonyl (C=O) groups excluding carboxylic acids is 1. The van der Waals surface area contributed by atoms with Crippen molar-refractivity contribution in [3.05, 3.63) is 66.4 Å². The van der Waals surface area contributed by atoms with Gasteiger partial charge in [-0.15, -0.1) is 0 Å². The van der Waals surface area contributed by atoms with Crippen LogP contribution in [0.1, 0.15) is 23.2 Å². The summed E-state index contributed by atoms with van der Waals surface area (Å²) in [5.74, 6) is 0.991. The van der Waals surface area contributed by atoms with Crippen LogP contribution in [0.5, 0.6) is 5.75 Å². The van der Waals surface area contributed by atoms with Gasteiger partial charge in [-0.25, -0.2) is 4.68 Å². The molecule has 6 nitrogen and oxygen atoms in total. The van der Waals surface area contributed by atoms with E-state index in [1.807, 2.05) is 54.6 Å². The molecule has 2 aromatic carbocycles. The summed E-state index contributed by atoms with van der Waals surface area (Å²) in [4.78, 5) is 13.1. The Morgan fingerprint density at radius 1 is 1.21 bits per heavy atom. The van der Waals surface area contributed by atoms with Crippen molar-refractivity contribution in [2.45, 2.75) is 18.9 Å². The number of ether oxygens (including phenoxy) is 1. The van der Waals surface area contributed by atoms with E-state index in [2.05, 4.69) is 5.32 Å². The summed E-state index contributed by atoms with van der Waals surface area (Å²) >= 11 is 0. The molecule has 1 aromatic heterocycles. The van der Waals surface area contributed by atoms with Crippen molar-refractivity contribution in [1.82, 2.24) is 15.1 Å². The van der Waals surface area contributed by atoms with E-state index >= 15 is 0 Å². The Morgan fingerprint density at radius 3 is 2.61 bits per heavy atom. The lowest BCUT2D eigenvalue weighted by Crippen LogP contribution is -2.41. The van der Waals surface area contributed by atoms with Gasteiger partial charge in [0.1, 0.15) is 11.4 Å². The summed E-state index contributed by atoms with van der Waals surface area (Å²) in [6, 6.07) is 17.3. The summed E-state index contributed by atoms with van der Waals surface area (Å²) in [6.45, 7) is 0.438. The lowest BCUT2D eigenvalue weighted by atomic mass is 10.1. The van der Waals surface area contributed by atoms with E-state index in [1.54, 1.807) is 18.0 Å². The molecular weight excluding hydrogens is 352 g/mol. The quantitative estimate of drug-likeness (QED) is 0.664. The fraction of sp³-hybridized carbons (Fsp3) is 0.273. The molecule has 1 unspecified atom stereocenters. The van der Waals surface area contributed by atoms with Crippen LogP contribution < -0.4 is 15.8 Å². The minimum Gasteiger partial charge on any atom is -0.496 e. The molecule has 0 radical (unpaired) electrons. The van der Waals surface area contributed by atoms with Crippen LogP contribution in [0.4, 0.5) is 0 Å². The topological polar surface area (TPSA) is 82.2 Å². The molecule has 28 heavy (non-hydrogen) atoms. The molecule has 1 aliphatic carbocycles. The number of nitrogens with two attached hydrogens (primary N) is 1. The highest BCUT2D eigenvalue weighted by Crippen LogP contribution is 2.34. The van der Waals surface area contributed by atoms with Crippen molar-refractivity contribution in [2.75, 3.05) is 13.7 Å². The Morgan fingerprint density at radius 2 is 1.93 bits per heavy atom. The number of aromatic nitrogens is 2. The van der Waals surface area contributed by atoms with Gasteiger partial charge < -0.3 is 15.8 Å². The Balaban J connectivity index is 1.77. The first-order chi connectivity index (χ1) is 13.7. The van der Waals surface area contributed by atoms with Gasteiger partial charge in [-0.3, -0.25) is 4.79 Å². The van der Waals surface area contributed by atoms with E-state index in [-0.39, 0.29) is 11.9 Å². The maximum Gasteiger partial charge on any atom is 0.255 e. The first-order valence-corrected chi connectivity index (χ1v) is 9.50. The van der Waals surface area contributed by atoms with E-state index in [1.165, 1.54) is 0 Å². The lowest BCUT2D eigenvalue weighted by molar-refractivity contribution is 0.0934. The SMILES string of the molecule is COc1ccccc1-c1nn(-c2ccccc2)cc1C(=O)NC(CN)C1CC1. The molecule has 1 fully saturated rings. The molecule has 0 bridgehead atoms. The normalized spacial score (nSPS) is 14.5. The molecule has 144 valence electrons. The van der Waals surface area contributed by atoms with Crippen molar-refractivity contribution in [3.63, 3.8) is 0 Å². The Bertz CT molecular complexity index is 964. The molecule has 1 aliphatic rings. The van der Waals surface area contributed by atoms with Gasteiger partial charge in [0.15, 0.2) is 0 Å². The van der Waals surface area contributed by atoms with Crippen molar-refractivity contribution in [1.29, 1.82) is 0 Å². The maximum absolute atomic E-state index is 13.1. The first kappa shape index (κ1) is 18.3. The summed E-state index contributed by atoms with van der Waals surface area (Å²) < 4.78 is 7.23. The third-order valence-corrected chi connectivity index (χ3v) is 5.10. The number of nitrogens with one attached hydrogen (secondary N) is 1. The van der Waals surface area contributed by atoms with Crippen molar-refractivity contribution < 1.29 is 9.53 Å². The van der Waals surface area contributed by atoms with E-state index in [0.29, 0.717) is 29.5 Å². The average molecular weight is 376 g/mol. The zero-order valence-corrected chi connectivity index (χ0v) is 15.8. The molecule has 1 atom stereocenters. The van der Waals surface area contributed by atoms with Crippen LogP contribution in [0, 0.1) is 5.92 Å². The second kappa shape index (κ2) is 7.86. The fourth-order valence-corrected chi connectivity index (χ4v) is 3.41. The minimum atomic E-state index is -0.162. The van der Waals surface area contributed by atoms with Gasteiger partial charge in [-0.2, -0.15) is 5.10 Å². The first-order valence-electron chi connectivity index (χ1n) is 9.50. The Labute approximate surface area is 164 Å². The van der Waals surface area contributed by atoms with Gasteiger partial charge in [0, 0.05) is 24.3 Å². The zero-order chi connectivity index (χ0) is 19.5. The predicted octanol–water partition coefficient (Wildman–Crippen LogP) is 3.02. The highest BCUT2D eigenvalue weighted by molar-refractivity contribution is 6.00. The molecule has 0 aliphatic heterocycles. The molecule has 3 N–H and O–H groups in total. The van der Waals surface area contributed by atoms with Crippen LogP contribution in [0.25, 0.3) is 16.9 Å². The molecule has 0 spiro atoms. The minimum absolute atomic E-state index is 0.00176. The monoisotopic (exact) mass is 376 g/mol. The number of nitrogens with zero attached hydrogens (tertiary/aromatic N) is 2. The summed E-state index contributed by atoms with van der Waals surface area (Å²) in [7, 11) is 1.62. The largest absolute Gasteiger partial charge is 0.496 e. The molecular formula is C22H24N4O2. The van der Waals surface area contributed by atoms with E-state index < -0.39 is 0 Å². The second-order valence-electron chi connectivity index (χ2n) is 7.02. The Hall–Kier alpha value is -3.12. The van der Waals surface area contributed by atoms with Gasteiger partial charge in [0.05, 0.1) is 18.4 Å². The van der Waals surface area contributed by atoms with E-state index in [0.717, 1.165) is 24.1 Å². The smallest absolute Gasteiger partial charge is 0.255 e. The van der Waals surface area contributed by atoms with Crippen molar-refractivity contribution in [3.8, 4) is 22.7 Å². The Kier molecular flexibility index (Phi) is 5.12. The number of para-hydroxylation sites is 2.